The van der Waals surface area contributed by atoms with Gasteiger partial charge >= 0.3 is 0 Å². The minimum atomic E-state index is -0.595. The minimum Gasteiger partial charge on any atom is -0.394 e. The Morgan fingerprint density at radius 2 is 2.29 bits per heavy atom. The van der Waals surface area contributed by atoms with Crippen LogP contribution in [0.1, 0.15) is 23.8 Å². The SMILES string of the molecule is CN1CCN(C)C(c2noc(C(N)CO)n2)C1. The monoisotopic (exact) mass is 241 g/mol. The second-order valence-corrected chi connectivity index (χ2v) is 4.54. The standard InChI is InChI=1S/C10H19N5O2/c1-14-3-4-15(2)8(5-14)9-12-10(17-13-9)7(11)6-16/h7-8,16H,3-6,11H2,1-2H3. The van der Waals surface area contributed by atoms with Gasteiger partial charge in [-0.1, -0.05) is 5.16 Å². The van der Waals surface area contributed by atoms with E-state index in [4.69, 9.17) is 15.4 Å². The van der Waals surface area contributed by atoms with Crippen LogP contribution in [0.5, 0.6) is 0 Å². The van der Waals surface area contributed by atoms with Crippen LogP contribution in [0.4, 0.5) is 0 Å². The molecule has 2 atom stereocenters. The Bertz CT molecular complexity index is 369. The predicted molar refractivity (Wildman–Crippen MR) is 61.2 cm³/mol. The molecule has 2 unspecified atom stereocenters. The summed E-state index contributed by atoms with van der Waals surface area (Å²) in [4.78, 5) is 8.68. The number of nitrogens with zero attached hydrogens (tertiary/aromatic N) is 4. The summed E-state index contributed by atoms with van der Waals surface area (Å²) in [5, 5.41) is 12.9. The number of nitrogens with two attached hydrogens (primary N) is 1. The van der Waals surface area contributed by atoms with E-state index in [0.717, 1.165) is 19.6 Å². The first-order valence-electron chi connectivity index (χ1n) is 5.70. The Labute approximate surface area is 100 Å². The second-order valence-electron chi connectivity index (χ2n) is 4.54. The molecule has 1 aliphatic heterocycles. The molecule has 17 heavy (non-hydrogen) atoms. The highest BCUT2D eigenvalue weighted by Crippen LogP contribution is 2.21. The molecule has 1 saturated heterocycles. The number of hydrogen-bond acceptors (Lipinski definition) is 7. The van der Waals surface area contributed by atoms with Crippen molar-refractivity contribution in [1.29, 1.82) is 0 Å². The maximum atomic E-state index is 8.93. The lowest BCUT2D eigenvalue weighted by atomic mass is 10.2. The zero-order valence-electron chi connectivity index (χ0n) is 10.2. The number of aliphatic hydroxyl groups excluding tert-OH is 1. The van der Waals surface area contributed by atoms with E-state index in [1.807, 2.05) is 7.05 Å². The number of aliphatic hydroxyl groups is 1. The molecule has 0 saturated carbocycles. The maximum absolute atomic E-state index is 8.93. The molecule has 0 aromatic carbocycles. The van der Waals surface area contributed by atoms with Gasteiger partial charge in [0.05, 0.1) is 12.6 Å². The van der Waals surface area contributed by atoms with Gasteiger partial charge < -0.3 is 20.3 Å². The topological polar surface area (TPSA) is 91.7 Å². The van der Waals surface area contributed by atoms with E-state index in [1.54, 1.807) is 0 Å². The van der Waals surface area contributed by atoms with Crippen LogP contribution >= 0.6 is 0 Å². The molecule has 7 nitrogen and oxygen atoms in total. The molecule has 1 aliphatic rings. The van der Waals surface area contributed by atoms with Gasteiger partial charge in [-0.3, -0.25) is 4.90 Å². The first-order chi connectivity index (χ1) is 8.11. The minimum absolute atomic E-state index is 0.122. The molecule has 1 aromatic rings. The highest BCUT2D eigenvalue weighted by Gasteiger charge is 2.28. The number of hydrogen-bond donors (Lipinski definition) is 2. The van der Waals surface area contributed by atoms with E-state index in [0.29, 0.717) is 11.7 Å². The van der Waals surface area contributed by atoms with Crippen molar-refractivity contribution in [2.75, 3.05) is 40.3 Å². The molecule has 0 amide bonds. The highest BCUT2D eigenvalue weighted by molar-refractivity contribution is 5.00. The van der Waals surface area contributed by atoms with Gasteiger partial charge in [0.15, 0.2) is 5.82 Å². The zero-order chi connectivity index (χ0) is 12.4. The second kappa shape index (κ2) is 5.09. The molecule has 1 aromatic heterocycles. The van der Waals surface area contributed by atoms with Crippen LogP contribution in [-0.2, 0) is 0 Å². The van der Waals surface area contributed by atoms with Gasteiger partial charge in [0, 0.05) is 19.6 Å². The van der Waals surface area contributed by atoms with Crippen LogP contribution in [0.15, 0.2) is 4.52 Å². The Morgan fingerprint density at radius 3 is 3.00 bits per heavy atom. The molecule has 1 fully saturated rings. The zero-order valence-corrected chi connectivity index (χ0v) is 10.2. The molecular formula is C10H19N5O2. The fraction of sp³-hybridized carbons (Fsp3) is 0.800. The largest absolute Gasteiger partial charge is 0.394 e. The Hall–Kier alpha value is -1.02. The molecule has 2 rings (SSSR count). The van der Waals surface area contributed by atoms with Crippen LogP contribution in [0, 0.1) is 0 Å². The molecule has 0 spiro atoms. The smallest absolute Gasteiger partial charge is 0.245 e. The molecule has 0 bridgehead atoms. The molecule has 0 aliphatic carbocycles. The summed E-state index contributed by atoms with van der Waals surface area (Å²) in [6.45, 7) is 2.68. The number of rotatable bonds is 3. The third-order valence-electron chi connectivity index (χ3n) is 3.12. The van der Waals surface area contributed by atoms with Crippen molar-refractivity contribution in [3.05, 3.63) is 11.7 Å². The van der Waals surface area contributed by atoms with Gasteiger partial charge in [-0.25, -0.2) is 0 Å². The van der Waals surface area contributed by atoms with Crippen LogP contribution in [-0.4, -0.2) is 65.4 Å². The molecule has 0 radical (unpaired) electrons. The maximum Gasteiger partial charge on any atom is 0.245 e. The quantitative estimate of drug-likeness (QED) is 0.699. The van der Waals surface area contributed by atoms with E-state index < -0.39 is 6.04 Å². The first-order valence-corrected chi connectivity index (χ1v) is 5.70. The summed E-state index contributed by atoms with van der Waals surface area (Å²) in [7, 11) is 4.11. The van der Waals surface area contributed by atoms with Gasteiger partial charge in [-0.15, -0.1) is 0 Å². The van der Waals surface area contributed by atoms with Crippen molar-refractivity contribution < 1.29 is 9.63 Å². The van der Waals surface area contributed by atoms with Crippen LogP contribution in [0.25, 0.3) is 0 Å². The van der Waals surface area contributed by atoms with Crippen molar-refractivity contribution in [2.45, 2.75) is 12.1 Å². The van der Waals surface area contributed by atoms with Crippen LogP contribution in [0.2, 0.25) is 0 Å². The van der Waals surface area contributed by atoms with E-state index in [-0.39, 0.29) is 12.6 Å². The molecule has 96 valence electrons. The van der Waals surface area contributed by atoms with Crippen molar-refractivity contribution in [1.82, 2.24) is 19.9 Å². The summed E-state index contributed by atoms with van der Waals surface area (Å²) in [6.07, 6.45) is 0. The van der Waals surface area contributed by atoms with E-state index >= 15 is 0 Å². The highest BCUT2D eigenvalue weighted by atomic mass is 16.5. The lowest BCUT2D eigenvalue weighted by Gasteiger charge is -2.35. The van der Waals surface area contributed by atoms with Gasteiger partial charge in [-0.05, 0) is 14.1 Å². The predicted octanol–water partition coefficient (Wildman–Crippen LogP) is -1.02. The van der Waals surface area contributed by atoms with E-state index in [1.165, 1.54) is 0 Å². The fourth-order valence-corrected chi connectivity index (χ4v) is 1.90. The van der Waals surface area contributed by atoms with Crippen LogP contribution in [0.3, 0.4) is 0 Å². The molecule has 7 heteroatoms. The summed E-state index contributed by atoms with van der Waals surface area (Å²) < 4.78 is 5.06. The fourth-order valence-electron chi connectivity index (χ4n) is 1.90. The van der Waals surface area contributed by atoms with Crippen molar-refractivity contribution in [3.8, 4) is 0 Å². The number of likely N-dealkylation sites (N-methyl/N-ethyl adjacent to an activating group) is 2. The lowest BCUT2D eigenvalue weighted by molar-refractivity contribution is 0.108. The normalized spacial score (nSPS) is 25.1. The number of aromatic nitrogens is 2. The van der Waals surface area contributed by atoms with Crippen molar-refractivity contribution >= 4 is 0 Å². The first kappa shape index (κ1) is 12.4. The van der Waals surface area contributed by atoms with Gasteiger partial charge in [-0.2, -0.15) is 4.98 Å². The van der Waals surface area contributed by atoms with Gasteiger partial charge in [0.1, 0.15) is 6.04 Å². The molecule has 2 heterocycles. The third kappa shape index (κ3) is 2.63. The Kier molecular flexibility index (Phi) is 3.72. The summed E-state index contributed by atoms with van der Waals surface area (Å²) in [5.41, 5.74) is 5.63. The molecule has 3 N–H and O–H groups in total. The average molecular weight is 241 g/mol. The van der Waals surface area contributed by atoms with E-state index in [9.17, 15) is 0 Å². The summed E-state index contributed by atoms with van der Waals surface area (Å²) >= 11 is 0. The Balaban J connectivity index is 2.13. The summed E-state index contributed by atoms with van der Waals surface area (Å²) in [6, 6.07) is -0.472. The van der Waals surface area contributed by atoms with Crippen molar-refractivity contribution in [2.24, 2.45) is 5.73 Å². The lowest BCUT2D eigenvalue weighted by Crippen LogP contribution is -2.45. The van der Waals surface area contributed by atoms with Crippen molar-refractivity contribution in [3.63, 3.8) is 0 Å². The number of piperazine rings is 1. The average Bonchev–Trinajstić information content (AvgIpc) is 2.80. The van der Waals surface area contributed by atoms with Gasteiger partial charge in [0.2, 0.25) is 5.89 Å². The summed E-state index contributed by atoms with van der Waals surface area (Å²) in [5.74, 6) is 0.932. The van der Waals surface area contributed by atoms with Gasteiger partial charge in [0.25, 0.3) is 0 Å². The van der Waals surface area contributed by atoms with Crippen LogP contribution < -0.4 is 5.73 Å². The molecular weight excluding hydrogens is 222 g/mol. The Morgan fingerprint density at radius 1 is 1.53 bits per heavy atom. The third-order valence-corrected chi connectivity index (χ3v) is 3.12. The van der Waals surface area contributed by atoms with E-state index in [2.05, 4.69) is 27.0 Å².